The van der Waals surface area contributed by atoms with Crippen LogP contribution in [0.3, 0.4) is 0 Å². The zero-order valence-electron chi connectivity index (χ0n) is 14.0. The molecule has 0 unspecified atom stereocenters. The molecule has 3 N–H and O–H groups in total. The lowest BCUT2D eigenvalue weighted by Crippen LogP contribution is -2.20. The highest BCUT2D eigenvalue weighted by molar-refractivity contribution is 6.30. The Balaban J connectivity index is 1.78. The molecule has 0 radical (unpaired) electrons. The molecule has 0 aliphatic carbocycles. The Morgan fingerprint density at radius 2 is 1.85 bits per heavy atom. The number of nitrogens with zero attached hydrogens (tertiary/aromatic N) is 1. The monoisotopic (exact) mass is 375 g/mol. The largest absolute Gasteiger partial charge is 0.507 e. The van der Waals surface area contributed by atoms with E-state index < -0.39 is 5.91 Å². The number of anilines is 1. The van der Waals surface area contributed by atoms with Crippen molar-refractivity contribution in [1.29, 1.82) is 0 Å². The van der Waals surface area contributed by atoms with E-state index in [0.717, 1.165) is 0 Å². The molecule has 136 valence electrons. The summed E-state index contributed by atoms with van der Waals surface area (Å²) in [5.41, 5.74) is 3.30. The van der Waals surface area contributed by atoms with E-state index in [1.54, 1.807) is 36.4 Å². The second-order valence-corrected chi connectivity index (χ2v) is 5.71. The van der Waals surface area contributed by atoms with Crippen LogP contribution in [0.25, 0.3) is 0 Å². The summed E-state index contributed by atoms with van der Waals surface area (Å²) in [6, 6.07) is 11.3. The topological polar surface area (TPSA) is 100 Å². The summed E-state index contributed by atoms with van der Waals surface area (Å²) in [5, 5.41) is 16.7. The SMILES string of the molecule is COc1ccc(O)c(/C=N\NC(=O)CCC(=O)Nc2ccc(Cl)cc2)c1. The van der Waals surface area contributed by atoms with Gasteiger partial charge in [-0.05, 0) is 42.5 Å². The number of carbonyl (C=O) groups is 2. The van der Waals surface area contributed by atoms with Gasteiger partial charge in [-0.25, -0.2) is 5.43 Å². The summed E-state index contributed by atoms with van der Waals surface area (Å²) in [5.74, 6) is -0.160. The number of amides is 2. The molecule has 2 aromatic rings. The molecule has 0 saturated carbocycles. The Labute approximate surface area is 155 Å². The molecular formula is C18H18ClN3O4. The number of hydrogen-bond acceptors (Lipinski definition) is 5. The van der Waals surface area contributed by atoms with Crippen molar-refractivity contribution >= 4 is 35.3 Å². The first-order valence-corrected chi connectivity index (χ1v) is 8.10. The number of halogens is 1. The van der Waals surface area contributed by atoms with E-state index in [9.17, 15) is 14.7 Å². The van der Waals surface area contributed by atoms with E-state index in [2.05, 4.69) is 15.8 Å². The van der Waals surface area contributed by atoms with Crippen molar-refractivity contribution in [1.82, 2.24) is 5.43 Å². The fourth-order valence-corrected chi connectivity index (χ4v) is 2.10. The Hall–Kier alpha value is -3.06. The van der Waals surface area contributed by atoms with Crippen LogP contribution in [0.15, 0.2) is 47.6 Å². The number of nitrogens with one attached hydrogen (secondary N) is 2. The molecule has 2 amide bonds. The number of phenols is 1. The Morgan fingerprint density at radius 1 is 1.15 bits per heavy atom. The van der Waals surface area contributed by atoms with Crippen LogP contribution in [0.2, 0.25) is 5.02 Å². The number of hydrazone groups is 1. The smallest absolute Gasteiger partial charge is 0.240 e. The maximum absolute atomic E-state index is 11.8. The fraction of sp³-hybridized carbons (Fsp3) is 0.167. The van der Waals surface area contributed by atoms with Crippen molar-refractivity contribution in [3.05, 3.63) is 53.1 Å². The van der Waals surface area contributed by atoms with Crippen molar-refractivity contribution in [3.8, 4) is 11.5 Å². The second kappa shape index (κ2) is 9.43. The van der Waals surface area contributed by atoms with Gasteiger partial charge in [-0.3, -0.25) is 9.59 Å². The third-order valence-electron chi connectivity index (χ3n) is 3.33. The molecule has 0 spiro atoms. The summed E-state index contributed by atoms with van der Waals surface area (Å²) >= 11 is 5.77. The number of phenolic OH excluding ortho intramolecular Hbond substituents is 1. The summed E-state index contributed by atoms with van der Waals surface area (Å²) < 4.78 is 5.05. The van der Waals surface area contributed by atoms with Gasteiger partial charge in [0.15, 0.2) is 0 Å². The minimum Gasteiger partial charge on any atom is -0.507 e. The van der Waals surface area contributed by atoms with E-state index in [-0.39, 0.29) is 24.5 Å². The first-order chi connectivity index (χ1) is 12.5. The van der Waals surface area contributed by atoms with Gasteiger partial charge in [-0.1, -0.05) is 11.6 Å². The second-order valence-electron chi connectivity index (χ2n) is 5.27. The number of methoxy groups -OCH3 is 1. The normalized spacial score (nSPS) is 10.5. The predicted octanol–water partition coefficient (Wildman–Crippen LogP) is 2.92. The lowest BCUT2D eigenvalue weighted by Gasteiger charge is -2.05. The van der Waals surface area contributed by atoms with Crippen LogP contribution < -0.4 is 15.5 Å². The van der Waals surface area contributed by atoms with Crippen LogP contribution >= 0.6 is 11.6 Å². The molecule has 0 aliphatic rings. The van der Waals surface area contributed by atoms with E-state index >= 15 is 0 Å². The third kappa shape index (κ3) is 6.10. The standard InChI is InChI=1S/C18H18ClN3O4/c1-26-15-6-7-16(23)12(10-15)11-20-22-18(25)9-8-17(24)21-14-4-2-13(19)3-5-14/h2-7,10-11,23H,8-9H2,1H3,(H,21,24)(H,22,25)/b20-11-. The fourth-order valence-electron chi connectivity index (χ4n) is 1.98. The van der Waals surface area contributed by atoms with Gasteiger partial charge in [0.2, 0.25) is 11.8 Å². The highest BCUT2D eigenvalue weighted by Gasteiger charge is 2.07. The van der Waals surface area contributed by atoms with Crippen molar-refractivity contribution in [2.45, 2.75) is 12.8 Å². The van der Waals surface area contributed by atoms with Gasteiger partial charge in [0.1, 0.15) is 11.5 Å². The molecule has 2 rings (SSSR count). The van der Waals surface area contributed by atoms with Crippen LogP contribution in [0.5, 0.6) is 11.5 Å². The summed E-state index contributed by atoms with van der Waals surface area (Å²) in [7, 11) is 1.50. The van der Waals surface area contributed by atoms with Crippen LogP contribution in [0.1, 0.15) is 18.4 Å². The molecule has 7 nitrogen and oxygen atoms in total. The van der Waals surface area contributed by atoms with Crippen molar-refractivity contribution in [2.24, 2.45) is 5.10 Å². The van der Waals surface area contributed by atoms with Gasteiger partial charge in [-0.15, -0.1) is 0 Å². The van der Waals surface area contributed by atoms with Crippen LogP contribution in [0, 0.1) is 0 Å². The first kappa shape index (κ1) is 19.3. The average molecular weight is 376 g/mol. The molecule has 26 heavy (non-hydrogen) atoms. The van der Waals surface area contributed by atoms with Crippen molar-refractivity contribution in [3.63, 3.8) is 0 Å². The van der Waals surface area contributed by atoms with Gasteiger partial charge >= 0.3 is 0 Å². The van der Waals surface area contributed by atoms with E-state index in [1.807, 2.05) is 0 Å². The summed E-state index contributed by atoms with van der Waals surface area (Å²) in [6.45, 7) is 0. The zero-order valence-corrected chi connectivity index (χ0v) is 14.8. The van der Waals surface area contributed by atoms with Gasteiger partial charge in [0.25, 0.3) is 0 Å². The van der Waals surface area contributed by atoms with Gasteiger partial charge in [0, 0.05) is 29.1 Å². The molecular weight excluding hydrogens is 358 g/mol. The Morgan fingerprint density at radius 3 is 2.54 bits per heavy atom. The maximum Gasteiger partial charge on any atom is 0.240 e. The lowest BCUT2D eigenvalue weighted by atomic mass is 10.2. The molecule has 0 heterocycles. The summed E-state index contributed by atoms with van der Waals surface area (Å²) in [4.78, 5) is 23.5. The average Bonchev–Trinajstić information content (AvgIpc) is 2.63. The quantitative estimate of drug-likeness (QED) is 0.511. The number of carbonyl (C=O) groups excluding carboxylic acids is 2. The molecule has 0 saturated heterocycles. The zero-order chi connectivity index (χ0) is 18.9. The van der Waals surface area contributed by atoms with Gasteiger partial charge in [-0.2, -0.15) is 5.10 Å². The number of ether oxygens (including phenoxy) is 1. The molecule has 0 aromatic heterocycles. The number of hydrogen-bond donors (Lipinski definition) is 3. The third-order valence-corrected chi connectivity index (χ3v) is 3.59. The molecule has 0 atom stereocenters. The van der Waals surface area contributed by atoms with Gasteiger partial charge in [0.05, 0.1) is 13.3 Å². The number of benzene rings is 2. The summed E-state index contributed by atoms with van der Waals surface area (Å²) in [6.07, 6.45) is 1.28. The molecule has 8 heteroatoms. The van der Waals surface area contributed by atoms with Crippen LogP contribution in [-0.4, -0.2) is 30.2 Å². The van der Waals surface area contributed by atoms with Crippen LogP contribution in [0.4, 0.5) is 5.69 Å². The van der Waals surface area contributed by atoms with Crippen molar-refractivity contribution in [2.75, 3.05) is 12.4 Å². The van der Waals surface area contributed by atoms with Gasteiger partial charge < -0.3 is 15.2 Å². The highest BCUT2D eigenvalue weighted by atomic mass is 35.5. The van der Waals surface area contributed by atoms with Crippen molar-refractivity contribution < 1.29 is 19.4 Å². The Kier molecular flexibility index (Phi) is 6.99. The predicted molar refractivity (Wildman–Crippen MR) is 99.7 cm³/mol. The highest BCUT2D eigenvalue weighted by Crippen LogP contribution is 2.21. The van der Waals surface area contributed by atoms with Crippen LogP contribution in [-0.2, 0) is 9.59 Å². The first-order valence-electron chi connectivity index (χ1n) is 7.72. The number of rotatable bonds is 7. The molecule has 0 fully saturated rings. The molecule has 0 aliphatic heterocycles. The minimum absolute atomic E-state index is 0.00569. The van der Waals surface area contributed by atoms with E-state index in [4.69, 9.17) is 16.3 Å². The molecule has 0 bridgehead atoms. The molecule has 2 aromatic carbocycles. The lowest BCUT2D eigenvalue weighted by molar-refractivity contribution is -0.124. The maximum atomic E-state index is 11.8. The Bertz CT molecular complexity index is 807. The number of aromatic hydroxyl groups is 1. The van der Waals surface area contributed by atoms with E-state index in [1.165, 1.54) is 19.4 Å². The minimum atomic E-state index is -0.421. The van der Waals surface area contributed by atoms with E-state index in [0.29, 0.717) is 22.0 Å².